The van der Waals surface area contributed by atoms with Crippen LogP contribution < -0.4 is 0 Å². The maximum atomic E-state index is 10.0. The summed E-state index contributed by atoms with van der Waals surface area (Å²) in [6, 6.07) is 2.01. The standard InChI is InChI=1S/C12H16N4O/c1-3-9-6-10(16(2)15-9)7-12(17)11-8-13-4-5-14-11/h4-6,8,12,17H,3,7H2,1-2H3. The number of hydrogen-bond acceptors (Lipinski definition) is 4. The zero-order valence-corrected chi connectivity index (χ0v) is 10.0. The van der Waals surface area contributed by atoms with Crippen LogP contribution in [0, 0.1) is 0 Å². The number of aliphatic hydroxyl groups is 1. The molecule has 0 amide bonds. The molecule has 0 fully saturated rings. The van der Waals surface area contributed by atoms with Crippen LogP contribution in [0.2, 0.25) is 0 Å². The average molecular weight is 232 g/mol. The van der Waals surface area contributed by atoms with Crippen molar-refractivity contribution in [3.63, 3.8) is 0 Å². The molecule has 2 heterocycles. The molecule has 2 aromatic heterocycles. The van der Waals surface area contributed by atoms with Gasteiger partial charge in [-0.3, -0.25) is 14.6 Å². The fraction of sp³-hybridized carbons (Fsp3) is 0.417. The molecule has 0 saturated heterocycles. The van der Waals surface area contributed by atoms with Crippen molar-refractivity contribution < 1.29 is 5.11 Å². The van der Waals surface area contributed by atoms with Crippen molar-refractivity contribution in [1.29, 1.82) is 0 Å². The van der Waals surface area contributed by atoms with Crippen molar-refractivity contribution in [1.82, 2.24) is 19.7 Å². The summed E-state index contributed by atoms with van der Waals surface area (Å²) in [5, 5.41) is 14.4. The Morgan fingerprint density at radius 2 is 2.24 bits per heavy atom. The number of aryl methyl sites for hydroxylation is 2. The molecule has 5 nitrogen and oxygen atoms in total. The summed E-state index contributed by atoms with van der Waals surface area (Å²) in [5.41, 5.74) is 2.63. The Kier molecular flexibility index (Phi) is 3.49. The first-order chi connectivity index (χ1) is 8.20. The van der Waals surface area contributed by atoms with Gasteiger partial charge in [0.2, 0.25) is 0 Å². The third-order valence-electron chi connectivity index (χ3n) is 2.72. The van der Waals surface area contributed by atoms with E-state index in [1.165, 1.54) is 0 Å². The number of nitrogens with zero attached hydrogens (tertiary/aromatic N) is 4. The van der Waals surface area contributed by atoms with Gasteiger partial charge in [-0.2, -0.15) is 5.10 Å². The summed E-state index contributed by atoms with van der Waals surface area (Å²) in [6.45, 7) is 2.06. The lowest BCUT2D eigenvalue weighted by Crippen LogP contribution is -2.08. The van der Waals surface area contributed by atoms with Crippen molar-refractivity contribution in [2.75, 3.05) is 0 Å². The lowest BCUT2D eigenvalue weighted by atomic mass is 10.1. The highest BCUT2D eigenvalue weighted by molar-refractivity contribution is 5.13. The zero-order chi connectivity index (χ0) is 12.3. The molecule has 0 saturated carbocycles. The first kappa shape index (κ1) is 11.7. The molecule has 17 heavy (non-hydrogen) atoms. The predicted octanol–water partition coefficient (Wildman–Crippen LogP) is 1.05. The van der Waals surface area contributed by atoms with Gasteiger partial charge >= 0.3 is 0 Å². The van der Waals surface area contributed by atoms with E-state index in [-0.39, 0.29) is 0 Å². The summed E-state index contributed by atoms with van der Waals surface area (Å²) in [5.74, 6) is 0. The third kappa shape index (κ3) is 2.68. The van der Waals surface area contributed by atoms with Crippen LogP contribution in [0.15, 0.2) is 24.7 Å². The molecular weight excluding hydrogens is 216 g/mol. The molecule has 0 bridgehead atoms. The van der Waals surface area contributed by atoms with Crippen LogP contribution in [-0.2, 0) is 19.9 Å². The summed E-state index contributed by atoms with van der Waals surface area (Å²) in [6.07, 6.45) is 5.53. The Balaban J connectivity index is 2.13. The highest BCUT2D eigenvalue weighted by Crippen LogP contribution is 2.16. The fourth-order valence-corrected chi connectivity index (χ4v) is 1.72. The second kappa shape index (κ2) is 5.05. The molecule has 0 spiro atoms. The molecule has 0 aromatic carbocycles. The van der Waals surface area contributed by atoms with Crippen LogP contribution in [0.5, 0.6) is 0 Å². The van der Waals surface area contributed by atoms with Gasteiger partial charge in [0.1, 0.15) is 6.10 Å². The second-order valence-electron chi connectivity index (χ2n) is 3.95. The molecule has 2 aromatic rings. The molecule has 0 aliphatic carbocycles. The SMILES string of the molecule is CCc1cc(CC(O)c2cnccn2)n(C)n1. The van der Waals surface area contributed by atoms with Crippen LogP contribution in [0.1, 0.15) is 30.1 Å². The summed E-state index contributed by atoms with van der Waals surface area (Å²) in [4.78, 5) is 8.04. The van der Waals surface area contributed by atoms with Crippen molar-refractivity contribution >= 4 is 0 Å². The smallest absolute Gasteiger partial charge is 0.103 e. The van der Waals surface area contributed by atoms with Gasteiger partial charge in [0.05, 0.1) is 17.6 Å². The Hall–Kier alpha value is -1.75. The number of aromatic nitrogens is 4. The summed E-state index contributed by atoms with van der Waals surface area (Å²) < 4.78 is 1.80. The average Bonchev–Trinajstić information content (AvgIpc) is 2.71. The predicted molar refractivity (Wildman–Crippen MR) is 63.3 cm³/mol. The maximum absolute atomic E-state index is 10.0. The minimum Gasteiger partial charge on any atom is -0.386 e. The molecule has 0 aliphatic heterocycles. The van der Waals surface area contributed by atoms with Crippen LogP contribution in [-0.4, -0.2) is 24.9 Å². The molecule has 0 aliphatic rings. The first-order valence-corrected chi connectivity index (χ1v) is 5.66. The molecule has 1 atom stereocenters. The molecule has 5 heteroatoms. The normalized spacial score (nSPS) is 12.6. The maximum Gasteiger partial charge on any atom is 0.103 e. The number of hydrogen-bond donors (Lipinski definition) is 1. The molecule has 1 N–H and O–H groups in total. The highest BCUT2D eigenvalue weighted by Gasteiger charge is 2.13. The van der Waals surface area contributed by atoms with Gasteiger partial charge in [-0.05, 0) is 12.5 Å². The van der Waals surface area contributed by atoms with Crippen molar-refractivity contribution in [2.24, 2.45) is 7.05 Å². The van der Waals surface area contributed by atoms with Crippen LogP contribution in [0.4, 0.5) is 0 Å². The van der Waals surface area contributed by atoms with Crippen LogP contribution in [0.3, 0.4) is 0 Å². The molecular formula is C12H16N4O. The van der Waals surface area contributed by atoms with Gasteiger partial charge < -0.3 is 5.11 Å². The van der Waals surface area contributed by atoms with E-state index < -0.39 is 6.10 Å². The van der Waals surface area contributed by atoms with E-state index in [2.05, 4.69) is 22.0 Å². The first-order valence-electron chi connectivity index (χ1n) is 5.66. The van der Waals surface area contributed by atoms with Crippen LogP contribution >= 0.6 is 0 Å². The van der Waals surface area contributed by atoms with Gasteiger partial charge in [-0.1, -0.05) is 6.92 Å². The van der Waals surface area contributed by atoms with Crippen molar-refractivity contribution in [2.45, 2.75) is 25.9 Å². The minimum atomic E-state index is -0.635. The van der Waals surface area contributed by atoms with E-state index in [0.717, 1.165) is 17.8 Å². The lowest BCUT2D eigenvalue weighted by Gasteiger charge is -2.09. The Morgan fingerprint density at radius 3 is 2.82 bits per heavy atom. The monoisotopic (exact) mass is 232 g/mol. The van der Waals surface area contributed by atoms with E-state index in [1.54, 1.807) is 23.3 Å². The van der Waals surface area contributed by atoms with Crippen LogP contribution in [0.25, 0.3) is 0 Å². The van der Waals surface area contributed by atoms with Gasteiger partial charge in [0.15, 0.2) is 0 Å². The van der Waals surface area contributed by atoms with Crippen molar-refractivity contribution in [3.05, 3.63) is 41.7 Å². The van der Waals surface area contributed by atoms with Gasteiger partial charge in [0.25, 0.3) is 0 Å². The molecule has 1 unspecified atom stereocenters. The fourth-order valence-electron chi connectivity index (χ4n) is 1.72. The van der Waals surface area contributed by atoms with Gasteiger partial charge in [-0.15, -0.1) is 0 Å². The minimum absolute atomic E-state index is 0.502. The van der Waals surface area contributed by atoms with Gasteiger partial charge in [0, 0.05) is 31.6 Å². The van der Waals surface area contributed by atoms with E-state index in [1.807, 2.05) is 13.1 Å². The lowest BCUT2D eigenvalue weighted by molar-refractivity contribution is 0.170. The van der Waals surface area contributed by atoms with Crippen molar-refractivity contribution in [3.8, 4) is 0 Å². The topological polar surface area (TPSA) is 63.8 Å². The molecule has 90 valence electrons. The summed E-state index contributed by atoms with van der Waals surface area (Å²) in [7, 11) is 1.89. The van der Waals surface area contributed by atoms with E-state index >= 15 is 0 Å². The third-order valence-corrected chi connectivity index (χ3v) is 2.72. The highest BCUT2D eigenvalue weighted by atomic mass is 16.3. The van der Waals surface area contributed by atoms with Gasteiger partial charge in [-0.25, -0.2) is 0 Å². The van der Waals surface area contributed by atoms with E-state index in [0.29, 0.717) is 12.1 Å². The van der Waals surface area contributed by atoms with E-state index in [4.69, 9.17) is 0 Å². The Labute approximate surface area is 100 Å². The molecule has 0 radical (unpaired) electrons. The van der Waals surface area contributed by atoms with E-state index in [9.17, 15) is 5.11 Å². The number of aliphatic hydroxyl groups excluding tert-OH is 1. The number of rotatable bonds is 4. The largest absolute Gasteiger partial charge is 0.386 e. The Morgan fingerprint density at radius 1 is 1.41 bits per heavy atom. The molecule has 2 rings (SSSR count). The zero-order valence-electron chi connectivity index (χ0n) is 10.0. The quantitative estimate of drug-likeness (QED) is 0.855. The summed E-state index contributed by atoms with van der Waals surface area (Å²) >= 11 is 0. The Bertz CT molecular complexity index is 481. The second-order valence-corrected chi connectivity index (χ2v) is 3.95.